The average molecular weight is 452 g/mol. The van der Waals surface area contributed by atoms with Gasteiger partial charge in [-0.15, -0.1) is 0 Å². The lowest BCUT2D eigenvalue weighted by Crippen LogP contribution is -2.67. The van der Waals surface area contributed by atoms with Crippen LogP contribution in [-0.4, -0.2) is 46.0 Å². The first-order valence-electron chi connectivity index (χ1n) is 12.8. The molecular formula is C27H37N3O3. The minimum Gasteiger partial charge on any atom is -0.497 e. The summed E-state index contributed by atoms with van der Waals surface area (Å²) < 4.78 is 7.49. The molecule has 0 unspecified atom stereocenters. The van der Waals surface area contributed by atoms with Gasteiger partial charge in [0.25, 0.3) is 5.91 Å². The second-order valence-corrected chi connectivity index (χ2v) is 10.4. The van der Waals surface area contributed by atoms with Crippen LogP contribution in [0.1, 0.15) is 88.0 Å². The number of hydrogen-bond acceptors (Lipinski definition) is 3. The molecule has 2 aliphatic carbocycles. The Labute approximate surface area is 196 Å². The molecule has 178 valence electrons. The minimum absolute atomic E-state index is 0.00344. The molecule has 6 nitrogen and oxygen atoms in total. The lowest BCUT2D eigenvalue weighted by atomic mass is 9.90. The van der Waals surface area contributed by atoms with E-state index < -0.39 is 5.54 Å². The van der Waals surface area contributed by atoms with E-state index in [1.165, 1.54) is 32.1 Å². The number of methoxy groups -OCH3 is 1. The molecule has 0 bridgehead atoms. The number of nitrogens with zero attached hydrogens (tertiary/aromatic N) is 2. The molecule has 2 saturated carbocycles. The lowest BCUT2D eigenvalue weighted by Gasteiger charge is -2.47. The van der Waals surface area contributed by atoms with E-state index in [-0.39, 0.29) is 23.9 Å². The van der Waals surface area contributed by atoms with E-state index in [0.29, 0.717) is 12.2 Å². The minimum atomic E-state index is -0.906. The van der Waals surface area contributed by atoms with Gasteiger partial charge >= 0.3 is 0 Å². The zero-order chi connectivity index (χ0) is 23.0. The Morgan fingerprint density at radius 2 is 1.67 bits per heavy atom. The first-order valence-corrected chi connectivity index (χ1v) is 12.8. The maximum Gasteiger partial charge on any atom is 0.271 e. The Morgan fingerprint density at radius 3 is 2.36 bits per heavy atom. The lowest BCUT2D eigenvalue weighted by molar-refractivity contribution is -0.135. The van der Waals surface area contributed by atoms with Gasteiger partial charge in [0.05, 0.1) is 19.2 Å². The number of carbonyl (C=O) groups is 2. The highest BCUT2D eigenvalue weighted by Gasteiger charge is 2.51. The smallest absolute Gasteiger partial charge is 0.271 e. The molecule has 3 aliphatic rings. The average Bonchev–Trinajstić information content (AvgIpc) is 3.43. The maximum absolute atomic E-state index is 13.9. The molecule has 1 atom stereocenters. The number of ether oxygens (including phenoxy) is 1. The number of aromatic nitrogens is 1. The monoisotopic (exact) mass is 451 g/mol. The molecule has 1 aliphatic heterocycles. The normalized spacial score (nSPS) is 25.0. The molecular weight excluding hydrogens is 414 g/mol. The molecule has 1 N–H and O–H groups in total. The fraction of sp³-hybridized carbons (Fsp3) is 0.630. The van der Waals surface area contributed by atoms with Crippen molar-refractivity contribution in [2.24, 2.45) is 0 Å². The summed E-state index contributed by atoms with van der Waals surface area (Å²) in [6.07, 6.45) is 12.4. The predicted molar refractivity (Wildman–Crippen MR) is 130 cm³/mol. The third-order valence-electron chi connectivity index (χ3n) is 8.17. The number of amides is 2. The summed E-state index contributed by atoms with van der Waals surface area (Å²) in [7, 11) is 1.65. The van der Waals surface area contributed by atoms with E-state index in [4.69, 9.17) is 4.74 Å². The van der Waals surface area contributed by atoms with Gasteiger partial charge in [-0.05, 0) is 50.8 Å². The molecule has 2 amide bonds. The number of fused-ring (bicyclic) bond motifs is 3. The van der Waals surface area contributed by atoms with E-state index in [0.717, 1.165) is 55.2 Å². The van der Waals surface area contributed by atoms with Crippen LogP contribution >= 0.6 is 0 Å². The molecule has 2 heterocycles. The van der Waals surface area contributed by atoms with Crippen molar-refractivity contribution >= 4 is 22.7 Å². The Balaban J connectivity index is 1.52. The van der Waals surface area contributed by atoms with E-state index in [1.54, 1.807) is 7.11 Å². The number of nitrogens with one attached hydrogen (secondary N) is 1. The van der Waals surface area contributed by atoms with Crippen LogP contribution in [0.4, 0.5) is 0 Å². The van der Waals surface area contributed by atoms with Gasteiger partial charge in [-0.1, -0.05) is 44.9 Å². The van der Waals surface area contributed by atoms with Gasteiger partial charge < -0.3 is 19.5 Å². The molecule has 5 rings (SSSR count). The third-order valence-corrected chi connectivity index (χ3v) is 8.17. The quantitative estimate of drug-likeness (QED) is 0.709. The number of rotatable bonds is 4. The molecule has 2 aromatic rings. The Kier molecular flexibility index (Phi) is 6.11. The highest BCUT2D eigenvalue weighted by Crippen LogP contribution is 2.38. The van der Waals surface area contributed by atoms with Gasteiger partial charge in [-0.2, -0.15) is 0 Å². The largest absolute Gasteiger partial charge is 0.497 e. The second-order valence-electron chi connectivity index (χ2n) is 10.4. The predicted octanol–water partition coefficient (Wildman–Crippen LogP) is 5.04. The summed E-state index contributed by atoms with van der Waals surface area (Å²) in [4.78, 5) is 29.8. The fourth-order valence-electron chi connectivity index (χ4n) is 6.29. The summed E-state index contributed by atoms with van der Waals surface area (Å²) >= 11 is 0. The summed E-state index contributed by atoms with van der Waals surface area (Å²) in [5, 5.41) is 4.40. The summed E-state index contributed by atoms with van der Waals surface area (Å²) in [6.45, 7) is 2.45. The molecule has 0 radical (unpaired) electrons. The summed E-state index contributed by atoms with van der Waals surface area (Å²) in [5.41, 5.74) is 0.728. The van der Waals surface area contributed by atoms with Crippen molar-refractivity contribution in [1.29, 1.82) is 0 Å². The summed E-state index contributed by atoms with van der Waals surface area (Å²) in [6, 6.07) is 8.22. The van der Waals surface area contributed by atoms with Crippen molar-refractivity contribution in [3.8, 4) is 5.75 Å². The highest BCUT2D eigenvalue weighted by molar-refractivity contribution is 6.04. The molecule has 0 spiro atoms. The van der Waals surface area contributed by atoms with Crippen molar-refractivity contribution in [1.82, 2.24) is 14.8 Å². The zero-order valence-electron chi connectivity index (χ0n) is 20.1. The Bertz CT molecular complexity index is 1030. The molecule has 1 aromatic carbocycles. The van der Waals surface area contributed by atoms with Gasteiger partial charge in [0.15, 0.2) is 0 Å². The van der Waals surface area contributed by atoms with Crippen molar-refractivity contribution in [2.45, 2.75) is 102 Å². The van der Waals surface area contributed by atoms with Gasteiger partial charge in [-0.25, -0.2) is 0 Å². The van der Waals surface area contributed by atoms with Gasteiger partial charge in [0.2, 0.25) is 5.91 Å². The third kappa shape index (κ3) is 4.02. The zero-order valence-corrected chi connectivity index (χ0v) is 20.1. The first kappa shape index (κ1) is 22.3. The first-order chi connectivity index (χ1) is 16.0. The van der Waals surface area contributed by atoms with Crippen molar-refractivity contribution < 1.29 is 14.3 Å². The Morgan fingerprint density at radius 1 is 1.00 bits per heavy atom. The van der Waals surface area contributed by atoms with Crippen LogP contribution in [0.25, 0.3) is 10.9 Å². The SMILES string of the molecule is COc1ccc2cc3n(c2c1)C[C@](C)(C(=O)NC1CCCCCCC1)N(C1CCCC1)C3=O. The number of carbonyl (C=O) groups excluding carboxylic acids is 2. The van der Waals surface area contributed by atoms with Crippen LogP contribution in [0.5, 0.6) is 5.75 Å². The molecule has 33 heavy (non-hydrogen) atoms. The van der Waals surface area contributed by atoms with Gasteiger partial charge in [-0.3, -0.25) is 9.59 Å². The molecule has 0 saturated heterocycles. The van der Waals surface area contributed by atoms with Crippen LogP contribution in [0.2, 0.25) is 0 Å². The number of benzene rings is 1. The standard InChI is InChI=1S/C27H37N3O3/c1-27(26(32)28-20-10-6-4-3-5-7-11-20)18-29-23-17-22(33-2)15-14-19(23)16-24(29)25(31)30(27)21-12-8-9-13-21/h14-17,20-21H,3-13,18H2,1-2H3,(H,28,32)/t27-/m1/s1. The topological polar surface area (TPSA) is 63.6 Å². The van der Waals surface area contributed by atoms with Crippen LogP contribution in [0, 0.1) is 0 Å². The second kappa shape index (κ2) is 9.03. The van der Waals surface area contributed by atoms with Crippen molar-refractivity contribution in [2.75, 3.05) is 7.11 Å². The van der Waals surface area contributed by atoms with E-state index in [9.17, 15) is 9.59 Å². The number of hydrogen-bond donors (Lipinski definition) is 1. The van der Waals surface area contributed by atoms with E-state index in [2.05, 4.69) is 5.32 Å². The van der Waals surface area contributed by atoms with Gasteiger partial charge in [0.1, 0.15) is 17.0 Å². The van der Waals surface area contributed by atoms with Crippen LogP contribution in [-0.2, 0) is 11.3 Å². The fourth-order valence-corrected chi connectivity index (χ4v) is 6.29. The van der Waals surface area contributed by atoms with Gasteiger partial charge in [0, 0.05) is 23.5 Å². The van der Waals surface area contributed by atoms with Crippen LogP contribution in [0.15, 0.2) is 24.3 Å². The van der Waals surface area contributed by atoms with Crippen molar-refractivity contribution in [3.05, 3.63) is 30.0 Å². The maximum atomic E-state index is 13.9. The molecule has 2 fully saturated rings. The van der Waals surface area contributed by atoms with E-state index in [1.807, 2.05) is 40.7 Å². The highest BCUT2D eigenvalue weighted by atomic mass is 16.5. The Hall–Kier alpha value is -2.50. The van der Waals surface area contributed by atoms with Crippen LogP contribution < -0.4 is 10.1 Å². The van der Waals surface area contributed by atoms with Crippen LogP contribution in [0.3, 0.4) is 0 Å². The summed E-state index contributed by atoms with van der Waals surface area (Å²) in [5.74, 6) is 0.747. The van der Waals surface area contributed by atoms with E-state index >= 15 is 0 Å². The molecule has 6 heteroatoms. The molecule has 1 aromatic heterocycles. The van der Waals surface area contributed by atoms with Crippen molar-refractivity contribution in [3.63, 3.8) is 0 Å².